The summed E-state index contributed by atoms with van der Waals surface area (Å²) in [6.07, 6.45) is 0.743. The summed E-state index contributed by atoms with van der Waals surface area (Å²) in [5.74, 6) is 0.420. The van der Waals surface area contributed by atoms with Crippen LogP contribution in [0.15, 0.2) is 18.2 Å². The lowest BCUT2D eigenvalue weighted by Crippen LogP contribution is -2.38. The zero-order chi connectivity index (χ0) is 15.4. The zero-order valence-corrected chi connectivity index (χ0v) is 12.7. The Morgan fingerprint density at radius 3 is 2.86 bits per heavy atom. The molecule has 21 heavy (non-hydrogen) atoms. The van der Waals surface area contributed by atoms with Crippen LogP contribution in [0.25, 0.3) is 0 Å². The van der Waals surface area contributed by atoms with Crippen LogP contribution in [-0.2, 0) is 4.79 Å². The summed E-state index contributed by atoms with van der Waals surface area (Å²) in [5.41, 5.74) is 0.453. The summed E-state index contributed by atoms with van der Waals surface area (Å²) in [4.78, 5) is 24.9. The number of carbonyl (C=O) groups excluding carboxylic acids is 2. The summed E-state index contributed by atoms with van der Waals surface area (Å²) >= 11 is 6.09. The molecule has 2 rings (SSSR count). The first-order valence-electron chi connectivity index (χ1n) is 6.66. The molecule has 1 aromatic carbocycles. The number of methoxy groups -OCH3 is 1. The van der Waals surface area contributed by atoms with Crippen molar-refractivity contribution in [3.63, 3.8) is 0 Å². The Bertz CT molecular complexity index is 550. The molecule has 0 spiro atoms. The molecule has 1 atom stereocenters. The normalized spacial score (nSPS) is 17.5. The molecular formula is C14H18ClN3O3. The molecular weight excluding hydrogens is 294 g/mol. The average Bonchev–Trinajstić information content (AvgIpc) is 2.88. The van der Waals surface area contributed by atoms with Crippen molar-refractivity contribution in [1.82, 2.24) is 10.2 Å². The van der Waals surface area contributed by atoms with Crippen molar-refractivity contribution in [3.8, 4) is 5.75 Å². The van der Waals surface area contributed by atoms with Gasteiger partial charge in [0.2, 0.25) is 5.91 Å². The fraction of sp³-hybridized carbons (Fsp3) is 0.429. The van der Waals surface area contributed by atoms with E-state index in [4.69, 9.17) is 16.3 Å². The number of benzene rings is 1. The minimum atomic E-state index is -0.255. The van der Waals surface area contributed by atoms with E-state index in [1.165, 1.54) is 14.0 Å². The van der Waals surface area contributed by atoms with Gasteiger partial charge in [0.1, 0.15) is 11.4 Å². The van der Waals surface area contributed by atoms with Gasteiger partial charge in [0, 0.05) is 26.1 Å². The average molecular weight is 312 g/mol. The molecule has 1 fully saturated rings. The van der Waals surface area contributed by atoms with E-state index in [2.05, 4.69) is 10.6 Å². The van der Waals surface area contributed by atoms with Gasteiger partial charge in [-0.05, 0) is 18.6 Å². The Labute approximate surface area is 128 Å². The molecule has 0 aliphatic carbocycles. The Morgan fingerprint density at radius 1 is 1.43 bits per heavy atom. The number of nitrogens with zero attached hydrogens (tertiary/aromatic N) is 1. The maximum Gasteiger partial charge on any atom is 0.322 e. The maximum absolute atomic E-state index is 12.3. The van der Waals surface area contributed by atoms with E-state index in [-0.39, 0.29) is 18.0 Å². The number of amides is 3. The first-order chi connectivity index (χ1) is 10.0. The van der Waals surface area contributed by atoms with E-state index in [1.54, 1.807) is 23.1 Å². The van der Waals surface area contributed by atoms with Crippen molar-refractivity contribution in [2.45, 2.75) is 19.4 Å². The fourth-order valence-electron chi connectivity index (χ4n) is 2.33. The zero-order valence-electron chi connectivity index (χ0n) is 12.0. The first-order valence-corrected chi connectivity index (χ1v) is 7.04. The molecule has 2 N–H and O–H groups in total. The summed E-state index contributed by atoms with van der Waals surface area (Å²) in [6, 6.07) is 4.91. The lowest BCUT2D eigenvalue weighted by molar-refractivity contribution is -0.119. The van der Waals surface area contributed by atoms with E-state index in [0.717, 1.165) is 6.42 Å². The van der Waals surface area contributed by atoms with Gasteiger partial charge in [-0.2, -0.15) is 0 Å². The van der Waals surface area contributed by atoms with Gasteiger partial charge in [0.15, 0.2) is 0 Å². The number of para-hydroxylation sites is 1. The first kappa shape index (κ1) is 15.4. The third kappa shape index (κ3) is 3.78. The summed E-state index contributed by atoms with van der Waals surface area (Å²) < 4.78 is 5.19. The van der Waals surface area contributed by atoms with Crippen LogP contribution in [-0.4, -0.2) is 43.1 Å². The maximum atomic E-state index is 12.3. The van der Waals surface area contributed by atoms with Gasteiger partial charge in [0.25, 0.3) is 0 Å². The third-order valence-electron chi connectivity index (χ3n) is 3.31. The number of likely N-dealkylation sites (tertiary alicyclic amines) is 1. The molecule has 7 heteroatoms. The Morgan fingerprint density at radius 2 is 2.19 bits per heavy atom. The highest BCUT2D eigenvalue weighted by molar-refractivity contribution is 6.34. The van der Waals surface area contributed by atoms with Crippen LogP contribution < -0.4 is 15.4 Å². The van der Waals surface area contributed by atoms with E-state index in [9.17, 15) is 9.59 Å². The second-order valence-corrected chi connectivity index (χ2v) is 5.29. The van der Waals surface area contributed by atoms with Crippen LogP contribution in [0.4, 0.5) is 10.5 Å². The minimum absolute atomic E-state index is 0.00129. The minimum Gasteiger partial charge on any atom is -0.495 e. The lowest BCUT2D eigenvalue weighted by atomic mass is 10.2. The van der Waals surface area contributed by atoms with Gasteiger partial charge in [0.05, 0.1) is 12.1 Å². The smallest absolute Gasteiger partial charge is 0.322 e. The summed E-state index contributed by atoms with van der Waals surface area (Å²) in [6.45, 7) is 2.54. The Hall–Kier alpha value is -1.95. The molecule has 1 aliphatic rings. The Kier molecular flexibility index (Phi) is 4.90. The third-order valence-corrected chi connectivity index (χ3v) is 3.63. The molecule has 0 aromatic heterocycles. The van der Waals surface area contributed by atoms with Gasteiger partial charge < -0.3 is 20.3 Å². The van der Waals surface area contributed by atoms with E-state index < -0.39 is 0 Å². The van der Waals surface area contributed by atoms with Crippen LogP contribution >= 0.6 is 11.6 Å². The molecule has 3 amide bonds. The summed E-state index contributed by atoms with van der Waals surface area (Å²) in [5, 5.41) is 5.99. The number of nitrogens with one attached hydrogen (secondary N) is 2. The van der Waals surface area contributed by atoms with Gasteiger partial charge >= 0.3 is 6.03 Å². The predicted octanol–water partition coefficient (Wildman–Crippen LogP) is 2.09. The van der Waals surface area contributed by atoms with Crippen molar-refractivity contribution in [1.29, 1.82) is 0 Å². The molecule has 1 saturated heterocycles. The van der Waals surface area contributed by atoms with E-state index in [0.29, 0.717) is 29.5 Å². The van der Waals surface area contributed by atoms with Crippen LogP contribution in [0.2, 0.25) is 5.02 Å². The molecule has 1 heterocycles. The number of halogens is 1. The highest BCUT2D eigenvalue weighted by Crippen LogP contribution is 2.32. The van der Waals surface area contributed by atoms with E-state index in [1.807, 2.05) is 0 Å². The van der Waals surface area contributed by atoms with Gasteiger partial charge in [-0.25, -0.2) is 4.79 Å². The second kappa shape index (κ2) is 6.67. The van der Waals surface area contributed by atoms with Gasteiger partial charge in [-0.3, -0.25) is 4.79 Å². The highest BCUT2D eigenvalue weighted by Gasteiger charge is 2.27. The topological polar surface area (TPSA) is 70.7 Å². The van der Waals surface area contributed by atoms with Crippen LogP contribution in [0, 0.1) is 0 Å². The van der Waals surface area contributed by atoms with Crippen LogP contribution in [0.3, 0.4) is 0 Å². The monoisotopic (exact) mass is 311 g/mol. The fourth-order valence-corrected chi connectivity index (χ4v) is 2.54. The SMILES string of the molecule is COc1cccc(Cl)c1NC(=O)N1CCC(NC(C)=O)C1. The van der Waals surface area contributed by atoms with Crippen molar-refractivity contribution in [2.24, 2.45) is 0 Å². The quantitative estimate of drug-likeness (QED) is 0.898. The number of carbonyl (C=O) groups is 2. The Balaban J connectivity index is 2.01. The lowest BCUT2D eigenvalue weighted by Gasteiger charge is -2.19. The van der Waals surface area contributed by atoms with Gasteiger partial charge in [-0.1, -0.05) is 17.7 Å². The second-order valence-electron chi connectivity index (χ2n) is 4.88. The predicted molar refractivity (Wildman–Crippen MR) is 80.8 cm³/mol. The molecule has 1 aliphatic heterocycles. The number of hydrogen-bond acceptors (Lipinski definition) is 3. The molecule has 6 nitrogen and oxygen atoms in total. The van der Waals surface area contributed by atoms with E-state index >= 15 is 0 Å². The van der Waals surface area contributed by atoms with Crippen molar-refractivity contribution < 1.29 is 14.3 Å². The standard InChI is InChI=1S/C14H18ClN3O3/c1-9(19)16-10-6-7-18(8-10)14(20)17-13-11(15)4-3-5-12(13)21-2/h3-5,10H,6-8H2,1-2H3,(H,16,19)(H,17,20). The number of rotatable bonds is 3. The van der Waals surface area contributed by atoms with Gasteiger partial charge in [-0.15, -0.1) is 0 Å². The highest BCUT2D eigenvalue weighted by atomic mass is 35.5. The number of anilines is 1. The molecule has 0 radical (unpaired) electrons. The molecule has 1 unspecified atom stereocenters. The number of ether oxygens (including phenoxy) is 1. The number of urea groups is 1. The van der Waals surface area contributed by atoms with Crippen LogP contribution in [0.1, 0.15) is 13.3 Å². The van der Waals surface area contributed by atoms with Crippen molar-refractivity contribution >= 4 is 29.2 Å². The van der Waals surface area contributed by atoms with Crippen molar-refractivity contribution in [2.75, 3.05) is 25.5 Å². The summed E-state index contributed by atoms with van der Waals surface area (Å²) in [7, 11) is 1.52. The molecule has 1 aromatic rings. The molecule has 114 valence electrons. The molecule has 0 saturated carbocycles. The number of hydrogen-bond donors (Lipinski definition) is 2. The molecule has 0 bridgehead atoms. The van der Waals surface area contributed by atoms with Crippen LogP contribution in [0.5, 0.6) is 5.75 Å². The van der Waals surface area contributed by atoms with Crippen molar-refractivity contribution in [3.05, 3.63) is 23.2 Å². The largest absolute Gasteiger partial charge is 0.495 e.